The van der Waals surface area contributed by atoms with E-state index in [0.29, 0.717) is 19.3 Å². The topological polar surface area (TPSA) is 78.9 Å². The molecule has 0 spiro atoms. The van der Waals surface area contributed by atoms with Crippen LogP contribution in [0.4, 0.5) is 0 Å². The van der Waals surface area contributed by atoms with E-state index in [2.05, 4.69) is 45.1 Å². The lowest BCUT2D eigenvalue weighted by Crippen LogP contribution is -2.30. The van der Waals surface area contributed by atoms with Crippen LogP contribution in [0, 0.1) is 0 Å². The Morgan fingerprint density at radius 2 is 0.468 bits per heavy atom. The van der Waals surface area contributed by atoms with Crippen molar-refractivity contribution in [1.29, 1.82) is 0 Å². The average molecular weight is 1080 g/mol. The highest BCUT2D eigenvalue weighted by Gasteiger charge is 2.19. The molecule has 0 fully saturated rings. The highest BCUT2D eigenvalue weighted by molar-refractivity contribution is 5.71. The summed E-state index contributed by atoms with van der Waals surface area (Å²) in [5.41, 5.74) is 0. The number of rotatable bonds is 65. The van der Waals surface area contributed by atoms with Gasteiger partial charge in [-0.05, 0) is 51.4 Å². The highest BCUT2D eigenvalue weighted by atomic mass is 16.6. The Kier molecular flexibility index (Phi) is 64.6. The van der Waals surface area contributed by atoms with E-state index in [1.807, 2.05) is 0 Å². The molecule has 77 heavy (non-hydrogen) atoms. The van der Waals surface area contributed by atoms with Crippen LogP contribution < -0.4 is 0 Å². The van der Waals surface area contributed by atoms with Crippen LogP contribution in [0.25, 0.3) is 0 Å². The van der Waals surface area contributed by atoms with E-state index in [4.69, 9.17) is 14.2 Å². The van der Waals surface area contributed by atoms with Crippen molar-refractivity contribution in [2.75, 3.05) is 13.2 Å². The predicted octanol–water partition coefficient (Wildman–Crippen LogP) is 23.8. The number of ether oxygens (including phenoxy) is 3. The zero-order valence-corrected chi connectivity index (χ0v) is 52.3. The minimum atomic E-state index is -0.770. The summed E-state index contributed by atoms with van der Waals surface area (Å²) in [4.78, 5) is 38.3. The molecule has 0 saturated heterocycles. The third-order valence-electron chi connectivity index (χ3n) is 16.0. The Morgan fingerprint density at radius 1 is 0.260 bits per heavy atom. The lowest BCUT2D eigenvalue weighted by Gasteiger charge is -2.18. The molecule has 0 aromatic carbocycles. The van der Waals surface area contributed by atoms with Crippen LogP contribution >= 0.6 is 0 Å². The van der Waals surface area contributed by atoms with E-state index in [1.54, 1.807) is 0 Å². The van der Waals surface area contributed by atoms with Crippen molar-refractivity contribution >= 4 is 17.9 Å². The number of hydrogen-bond donors (Lipinski definition) is 0. The third kappa shape index (κ3) is 64.6. The largest absolute Gasteiger partial charge is 0.462 e. The molecule has 0 N–H and O–H groups in total. The summed E-state index contributed by atoms with van der Waals surface area (Å²) in [5.74, 6) is -0.843. The number of hydrogen-bond acceptors (Lipinski definition) is 6. The van der Waals surface area contributed by atoms with Crippen LogP contribution in [-0.4, -0.2) is 37.2 Å². The van der Waals surface area contributed by atoms with E-state index in [9.17, 15) is 14.4 Å². The van der Waals surface area contributed by atoms with Gasteiger partial charge in [0.15, 0.2) is 6.10 Å². The van der Waals surface area contributed by atoms with Gasteiger partial charge in [-0.15, -0.1) is 0 Å². The second kappa shape index (κ2) is 66.4. The van der Waals surface area contributed by atoms with Gasteiger partial charge in [0.1, 0.15) is 13.2 Å². The fourth-order valence-electron chi connectivity index (χ4n) is 10.7. The quantitative estimate of drug-likeness (QED) is 0.0261. The first-order chi connectivity index (χ1) is 38.0. The average Bonchev–Trinajstić information content (AvgIpc) is 3.43. The molecule has 0 aliphatic carbocycles. The normalized spacial score (nSPS) is 12.1. The Balaban J connectivity index is 4.12. The van der Waals surface area contributed by atoms with Crippen LogP contribution in [-0.2, 0) is 28.6 Å². The molecule has 0 rings (SSSR count). The summed E-state index contributed by atoms with van der Waals surface area (Å²) in [7, 11) is 0. The molecule has 6 nitrogen and oxygen atoms in total. The van der Waals surface area contributed by atoms with Gasteiger partial charge in [-0.1, -0.05) is 347 Å². The van der Waals surface area contributed by atoms with Crippen molar-refractivity contribution < 1.29 is 28.6 Å². The third-order valence-corrected chi connectivity index (χ3v) is 16.0. The fourth-order valence-corrected chi connectivity index (χ4v) is 10.7. The summed E-state index contributed by atoms with van der Waals surface area (Å²) < 4.78 is 17.0. The van der Waals surface area contributed by atoms with E-state index in [1.165, 1.54) is 289 Å². The van der Waals surface area contributed by atoms with Crippen molar-refractivity contribution in [2.24, 2.45) is 0 Å². The van der Waals surface area contributed by atoms with Crippen molar-refractivity contribution in [3.63, 3.8) is 0 Å². The number of allylic oxidation sites excluding steroid dienone is 4. The molecule has 0 aliphatic rings. The second-order valence-corrected chi connectivity index (χ2v) is 23.8. The SMILES string of the molecule is CCCCC/C=C\C/C=C\CCCCCCCCCCCC(=O)OC(COC(=O)CCCCCCCCCCCCC)COC(=O)CCCCCCCCCCCCCCCCCCCCCCCCCCCCCCC. The standard InChI is InChI=1S/C71H134O6/c1-4-7-10-13-16-19-22-24-26-28-30-31-32-33-34-35-36-37-38-39-41-42-44-46-49-52-55-58-61-64-70(73)76-67-68(66-75-69(72)63-60-57-54-51-48-21-18-15-12-9-6-3)77-71(74)65-62-59-56-53-50-47-45-43-40-29-27-25-23-20-17-14-11-8-5-2/h17,20,25,27,68H,4-16,18-19,21-24,26,28-67H2,1-3H3/b20-17-,27-25-. The van der Waals surface area contributed by atoms with Crippen LogP contribution in [0.1, 0.15) is 393 Å². The summed E-state index contributed by atoms with van der Waals surface area (Å²) in [6.45, 7) is 6.68. The second-order valence-electron chi connectivity index (χ2n) is 23.8. The molecular formula is C71H134O6. The van der Waals surface area contributed by atoms with Gasteiger partial charge in [-0.25, -0.2) is 0 Å². The minimum Gasteiger partial charge on any atom is -0.462 e. The van der Waals surface area contributed by atoms with Crippen LogP contribution in [0.5, 0.6) is 0 Å². The van der Waals surface area contributed by atoms with E-state index < -0.39 is 6.10 Å². The number of unbranched alkanes of at least 4 members (excludes halogenated alkanes) is 50. The maximum atomic E-state index is 12.9. The molecular weight excluding hydrogens is 949 g/mol. The van der Waals surface area contributed by atoms with Gasteiger partial charge in [0.25, 0.3) is 0 Å². The van der Waals surface area contributed by atoms with Crippen molar-refractivity contribution in [3.8, 4) is 0 Å². The Morgan fingerprint density at radius 3 is 0.740 bits per heavy atom. The van der Waals surface area contributed by atoms with Crippen LogP contribution in [0.15, 0.2) is 24.3 Å². The van der Waals surface area contributed by atoms with Crippen molar-refractivity contribution in [2.45, 2.75) is 399 Å². The van der Waals surface area contributed by atoms with E-state index in [0.717, 1.165) is 64.2 Å². The molecule has 0 aromatic heterocycles. The zero-order valence-electron chi connectivity index (χ0n) is 52.3. The van der Waals surface area contributed by atoms with E-state index in [-0.39, 0.29) is 31.1 Å². The van der Waals surface area contributed by atoms with Gasteiger partial charge in [-0.3, -0.25) is 14.4 Å². The molecule has 1 atom stereocenters. The lowest BCUT2D eigenvalue weighted by molar-refractivity contribution is -0.167. The molecule has 0 saturated carbocycles. The van der Waals surface area contributed by atoms with Crippen LogP contribution in [0.3, 0.4) is 0 Å². The number of esters is 3. The molecule has 0 radical (unpaired) electrons. The van der Waals surface area contributed by atoms with Crippen molar-refractivity contribution in [3.05, 3.63) is 24.3 Å². The highest BCUT2D eigenvalue weighted by Crippen LogP contribution is 2.19. The van der Waals surface area contributed by atoms with Gasteiger partial charge < -0.3 is 14.2 Å². The summed E-state index contributed by atoms with van der Waals surface area (Å²) in [6, 6.07) is 0. The molecule has 1 unspecified atom stereocenters. The number of carbonyl (C=O) groups is 3. The molecule has 6 heteroatoms. The predicted molar refractivity (Wildman–Crippen MR) is 335 cm³/mol. The van der Waals surface area contributed by atoms with Gasteiger partial charge in [0, 0.05) is 19.3 Å². The molecule has 0 aliphatic heterocycles. The van der Waals surface area contributed by atoms with Crippen LogP contribution in [0.2, 0.25) is 0 Å². The summed E-state index contributed by atoms with van der Waals surface area (Å²) >= 11 is 0. The molecule has 0 aromatic rings. The Labute approximate surface area is 481 Å². The van der Waals surface area contributed by atoms with Gasteiger partial charge in [0.05, 0.1) is 0 Å². The first-order valence-electron chi connectivity index (χ1n) is 34.8. The minimum absolute atomic E-state index is 0.0668. The summed E-state index contributed by atoms with van der Waals surface area (Å²) in [6.07, 6.45) is 80.7. The first kappa shape index (κ1) is 74.9. The molecule has 454 valence electrons. The monoisotopic (exact) mass is 1080 g/mol. The molecule has 0 heterocycles. The first-order valence-corrected chi connectivity index (χ1v) is 34.8. The molecule has 0 amide bonds. The van der Waals surface area contributed by atoms with Gasteiger partial charge in [-0.2, -0.15) is 0 Å². The maximum absolute atomic E-state index is 12.9. The smallest absolute Gasteiger partial charge is 0.306 e. The lowest BCUT2D eigenvalue weighted by atomic mass is 10.0. The molecule has 0 bridgehead atoms. The van der Waals surface area contributed by atoms with Crippen molar-refractivity contribution in [1.82, 2.24) is 0 Å². The number of carbonyl (C=O) groups excluding carboxylic acids is 3. The summed E-state index contributed by atoms with van der Waals surface area (Å²) in [5, 5.41) is 0. The Hall–Kier alpha value is -2.11. The zero-order chi connectivity index (χ0) is 55.7. The van der Waals surface area contributed by atoms with Gasteiger partial charge >= 0.3 is 17.9 Å². The van der Waals surface area contributed by atoms with E-state index >= 15 is 0 Å². The maximum Gasteiger partial charge on any atom is 0.306 e. The Bertz CT molecular complexity index is 1240. The fraction of sp³-hybridized carbons (Fsp3) is 0.901. The van der Waals surface area contributed by atoms with Gasteiger partial charge in [0.2, 0.25) is 0 Å².